The Kier molecular flexibility index (Phi) is 5.10. The lowest BCUT2D eigenvalue weighted by Crippen LogP contribution is -2.39. The number of carbonyl (C=O) groups is 1. The molecule has 3 aromatic heterocycles. The highest BCUT2D eigenvalue weighted by atomic mass is 35.5. The predicted octanol–water partition coefficient (Wildman–Crippen LogP) is 2.88. The van der Waals surface area contributed by atoms with Crippen LogP contribution in [0.1, 0.15) is 60.7 Å². The molecule has 0 bridgehead atoms. The van der Waals surface area contributed by atoms with Gasteiger partial charge in [-0.05, 0) is 38.5 Å². The number of nitrogens with one attached hydrogen (secondary N) is 1. The van der Waals surface area contributed by atoms with E-state index in [1.54, 1.807) is 10.6 Å². The Morgan fingerprint density at radius 1 is 1.27 bits per heavy atom. The van der Waals surface area contributed by atoms with Gasteiger partial charge < -0.3 is 9.42 Å². The molecule has 1 fully saturated rings. The van der Waals surface area contributed by atoms with Gasteiger partial charge in [-0.15, -0.1) is 0 Å². The molecule has 0 radical (unpaired) electrons. The minimum atomic E-state index is 0.0235. The van der Waals surface area contributed by atoms with Gasteiger partial charge in [-0.1, -0.05) is 16.8 Å². The first kappa shape index (κ1) is 19.4. The molecule has 1 N–H and O–H groups in total. The van der Waals surface area contributed by atoms with Gasteiger partial charge in [0.15, 0.2) is 10.8 Å². The van der Waals surface area contributed by atoms with Crippen LogP contribution in [-0.2, 0) is 24.1 Å². The molecule has 0 spiro atoms. The molecule has 1 aliphatic heterocycles. The third-order valence-electron chi connectivity index (χ3n) is 6.23. The Labute approximate surface area is 178 Å². The highest BCUT2D eigenvalue weighted by Gasteiger charge is 2.27. The number of aromatic nitrogens is 4. The smallest absolute Gasteiger partial charge is 0.276 e. The Morgan fingerprint density at radius 2 is 2.13 bits per heavy atom. The second-order valence-corrected chi connectivity index (χ2v) is 8.64. The van der Waals surface area contributed by atoms with Gasteiger partial charge in [0.1, 0.15) is 5.76 Å². The van der Waals surface area contributed by atoms with Gasteiger partial charge in [0.25, 0.3) is 5.56 Å². The Balaban J connectivity index is 1.32. The highest BCUT2D eigenvalue weighted by Crippen LogP contribution is 2.27. The summed E-state index contributed by atoms with van der Waals surface area (Å²) >= 11 is 5.76. The van der Waals surface area contributed by atoms with E-state index in [2.05, 4.69) is 10.3 Å². The van der Waals surface area contributed by atoms with Crippen LogP contribution in [0.3, 0.4) is 0 Å². The number of amides is 1. The molecule has 3 aromatic rings. The van der Waals surface area contributed by atoms with Crippen molar-refractivity contribution in [2.45, 2.75) is 57.3 Å². The number of piperidine rings is 1. The molecular weight excluding hydrogens is 406 g/mol. The first-order valence-corrected chi connectivity index (χ1v) is 11.0. The van der Waals surface area contributed by atoms with Crippen molar-refractivity contribution < 1.29 is 9.32 Å². The summed E-state index contributed by atoms with van der Waals surface area (Å²) in [6, 6.07) is 3.62. The van der Waals surface area contributed by atoms with Crippen LogP contribution in [0.4, 0.5) is 0 Å². The molecule has 9 heteroatoms. The number of rotatable bonds is 4. The van der Waals surface area contributed by atoms with E-state index in [4.69, 9.17) is 21.1 Å². The average molecular weight is 430 g/mol. The molecule has 8 nitrogen and oxygen atoms in total. The maximum atomic E-state index is 12.9. The van der Waals surface area contributed by atoms with Gasteiger partial charge in [0.05, 0.1) is 5.69 Å². The minimum Gasteiger partial charge on any atom is -0.360 e. The second-order valence-electron chi connectivity index (χ2n) is 8.25. The summed E-state index contributed by atoms with van der Waals surface area (Å²) in [5, 5.41) is 7.22. The fraction of sp³-hybridized carbons (Fsp3) is 0.524. The van der Waals surface area contributed by atoms with Crippen LogP contribution in [-0.4, -0.2) is 43.7 Å². The molecule has 1 unspecified atom stereocenters. The van der Waals surface area contributed by atoms with E-state index in [1.165, 1.54) is 0 Å². The number of H-pyrrole nitrogens is 1. The number of aromatic amines is 1. The van der Waals surface area contributed by atoms with Crippen LogP contribution in [0.25, 0.3) is 5.65 Å². The number of likely N-dealkylation sites (tertiary alicyclic amines) is 1. The van der Waals surface area contributed by atoms with Crippen LogP contribution in [0.15, 0.2) is 21.5 Å². The molecule has 30 heavy (non-hydrogen) atoms. The number of halogens is 1. The van der Waals surface area contributed by atoms with Gasteiger partial charge >= 0.3 is 0 Å². The van der Waals surface area contributed by atoms with Crippen molar-refractivity contribution in [3.63, 3.8) is 0 Å². The third kappa shape index (κ3) is 3.64. The van der Waals surface area contributed by atoms with Crippen LogP contribution >= 0.6 is 11.6 Å². The SMILES string of the molecule is O=C(CCc1cc(Cl)no1)N1CCCC(c2cc3nc4c(c(=O)n3[nH]2)CCCC4)C1. The van der Waals surface area contributed by atoms with Gasteiger partial charge in [-0.3, -0.25) is 14.7 Å². The molecule has 5 rings (SSSR count). The van der Waals surface area contributed by atoms with Crippen LogP contribution < -0.4 is 5.56 Å². The molecule has 4 heterocycles. The van der Waals surface area contributed by atoms with E-state index in [1.807, 2.05) is 11.0 Å². The van der Waals surface area contributed by atoms with E-state index in [0.29, 0.717) is 35.9 Å². The summed E-state index contributed by atoms with van der Waals surface area (Å²) in [5.74, 6) is 0.876. The molecule has 1 amide bonds. The molecular formula is C21H24ClN5O3. The van der Waals surface area contributed by atoms with Gasteiger partial charge in [0.2, 0.25) is 5.91 Å². The molecule has 1 aliphatic carbocycles. The predicted molar refractivity (Wildman–Crippen MR) is 111 cm³/mol. The maximum Gasteiger partial charge on any atom is 0.276 e. The lowest BCUT2D eigenvalue weighted by atomic mass is 9.94. The molecule has 0 saturated carbocycles. The van der Waals surface area contributed by atoms with E-state index >= 15 is 0 Å². The first-order valence-electron chi connectivity index (χ1n) is 10.6. The van der Waals surface area contributed by atoms with Crippen LogP contribution in [0.5, 0.6) is 0 Å². The zero-order chi connectivity index (χ0) is 20.7. The largest absolute Gasteiger partial charge is 0.360 e. The zero-order valence-electron chi connectivity index (χ0n) is 16.7. The van der Waals surface area contributed by atoms with Crippen molar-refractivity contribution in [1.29, 1.82) is 0 Å². The maximum absolute atomic E-state index is 12.9. The van der Waals surface area contributed by atoms with Gasteiger partial charge in [0, 0.05) is 55.2 Å². The molecule has 1 saturated heterocycles. The summed E-state index contributed by atoms with van der Waals surface area (Å²) in [5.41, 5.74) is 3.48. The Bertz CT molecular complexity index is 1150. The van der Waals surface area contributed by atoms with E-state index < -0.39 is 0 Å². The number of fused-ring (bicyclic) bond motifs is 2. The molecule has 1 atom stereocenters. The fourth-order valence-electron chi connectivity index (χ4n) is 4.64. The van der Waals surface area contributed by atoms with Gasteiger partial charge in [-0.2, -0.15) is 0 Å². The summed E-state index contributed by atoms with van der Waals surface area (Å²) in [6.45, 7) is 1.39. The quantitative estimate of drug-likeness (QED) is 0.687. The minimum absolute atomic E-state index is 0.0235. The van der Waals surface area contributed by atoms with Crippen LogP contribution in [0, 0.1) is 0 Å². The second kappa shape index (κ2) is 7.91. The number of carbonyl (C=O) groups excluding carboxylic acids is 1. The van der Waals surface area contributed by atoms with Crippen molar-refractivity contribution in [1.82, 2.24) is 24.7 Å². The highest BCUT2D eigenvalue weighted by molar-refractivity contribution is 6.29. The molecule has 0 aromatic carbocycles. The lowest BCUT2D eigenvalue weighted by Gasteiger charge is -2.32. The van der Waals surface area contributed by atoms with Gasteiger partial charge in [-0.25, -0.2) is 9.50 Å². The number of aryl methyl sites for hydroxylation is 2. The Hall–Kier alpha value is -2.61. The van der Waals surface area contributed by atoms with Crippen molar-refractivity contribution >= 4 is 23.2 Å². The van der Waals surface area contributed by atoms with Crippen molar-refractivity contribution in [2.24, 2.45) is 0 Å². The van der Waals surface area contributed by atoms with Crippen molar-refractivity contribution in [2.75, 3.05) is 13.1 Å². The normalized spacial score (nSPS) is 19.2. The van der Waals surface area contributed by atoms with E-state index in [0.717, 1.165) is 62.0 Å². The summed E-state index contributed by atoms with van der Waals surface area (Å²) in [4.78, 5) is 32.2. The number of hydrogen-bond acceptors (Lipinski definition) is 5. The molecule has 2 aliphatic rings. The summed E-state index contributed by atoms with van der Waals surface area (Å²) in [7, 11) is 0. The average Bonchev–Trinajstić information content (AvgIpc) is 3.38. The zero-order valence-corrected chi connectivity index (χ0v) is 17.5. The summed E-state index contributed by atoms with van der Waals surface area (Å²) < 4.78 is 6.66. The number of hydrogen-bond donors (Lipinski definition) is 1. The third-order valence-corrected chi connectivity index (χ3v) is 6.41. The lowest BCUT2D eigenvalue weighted by molar-refractivity contribution is -0.132. The standard InChI is InChI=1S/C21H24ClN5O3/c22-18-10-14(30-25-18)7-8-20(28)26-9-3-4-13(12-26)17-11-19-23-16-6-2-1-5-15(16)21(29)27(19)24-17/h10-11,13,24H,1-9,12H2. The van der Waals surface area contributed by atoms with E-state index in [9.17, 15) is 9.59 Å². The van der Waals surface area contributed by atoms with Crippen LogP contribution in [0.2, 0.25) is 5.15 Å². The first-order chi connectivity index (χ1) is 14.6. The summed E-state index contributed by atoms with van der Waals surface area (Å²) in [6.07, 6.45) is 6.57. The molecule has 158 valence electrons. The Morgan fingerprint density at radius 3 is 2.97 bits per heavy atom. The van der Waals surface area contributed by atoms with Crippen molar-refractivity contribution in [3.05, 3.63) is 50.4 Å². The van der Waals surface area contributed by atoms with E-state index in [-0.39, 0.29) is 17.4 Å². The van der Waals surface area contributed by atoms with Crippen molar-refractivity contribution in [3.8, 4) is 0 Å². The topological polar surface area (TPSA) is 96.5 Å². The fourth-order valence-corrected chi connectivity index (χ4v) is 4.79. The number of nitrogens with zero attached hydrogens (tertiary/aromatic N) is 4. The monoisotopic (exact) mass is 429 g/mol.